The number of hydrogen-bond acceptors (Lipinski definition) is 2. The van der Waals surface area contributed by atoms with E-state index in [-0.39, 0.29) is 11.3 Å². The first-order chi connectivity index (χ1) is 6.13. The third kappa shape index (κ3) is 0.810. The predicted octanol–water partition coefficient (Wildman–Crippen LogP) is 0.688. The van der Waals surface area contributed by atoms with E-state index in [2.05, 4.69) is 19.2 Å². The Kier molecular flexibility index (Phi) is 1.25. The lowest BCUT2D eigenvalue weighted by Gasteiger charge is -2.49. The largest absolute Gasteiger partial charge is 0.370 e. The van der Waals surface area contributed by atoms with Crippen molar-refractivity contribution in [3.05, 3.63) is 0 Å². The molecule has 0 aromatic rings. The molecule has 3 aliphatic rings. The molecule has 0 aromatic heterocycles. The maximum absolute atomic E-state index is 11.6. The number of hydrogen-bond donors (Lipinski definition) is 1. The topological polar surface area (TPSA) is 41.6 Å². The molecule has 0 unspecified atom stereocenters. The van der Waals surface area contributed by atoms with E-state index in [0.29, 0.717) is 24.2 Å². The van der Waals surface area contributed by atoms with Gasteiger partial charge in [-0.25, -0.2) is 0 Å². The van der Waals surface area contributed by atoms with Crippen LogP contribution in [-0.2, 0) is 9.53 Å². The van der Waals surface area contributed by atoms with Gasteiger partial charge in [0.05, 0.1) is 17.6 Å². The van der Waals surface area contributed by atoms with Gasteiger partial charge in [-0.1, -0.05) is 13.8 Å². The van der Waals surface area contributed by atoms with Crippen molar-refractivity contribution in [1.29, 1.82) is 0 Å². The van der Waals surface area contributed by atoms with Crippen LogP contribution in [0.3, 0.4) is 0 Å². The number of carbonyl (C=O) groups is 1. The van der Waals surface area contributed by atoms with E-state index in [1.807, 2.05) is 0 Å². The molecule has 0 radical (unpaired) electrons. The van der Waals surface area contributed by atoms with E-state index in [0.717, 1.165) is 12.8 Å². The van der Waals surface area contributed by atoms with Gasteiger partial charge in [-0.2, -0.15) is 0 Å². The van der Waals surface area contributed by atoms with E-state index in [4.69, 9.17) is 4.74 Å². The zero-order valence-electron chi connectivity index (χ0n) is 8.04. The molecule has 1 saturated carbocycles. The third-order valence-electron chi connectivity index (χ3n) is 3.82. The quantitative estimate of drug-likeness (QED) is 0.477. The van der Waals surface area contributed by atoms with Gasteiger partial charge in [0.15, 0.2) is 0 Å². The van der Waals surface area contributed by atoms with Gasteiger partial charge in [0.2, 0.25) is 5.91 Å². The number of carbonyl (C=O) groups excluding carboxylic acids is 1. The summed E-state index contributed by atoms with van der Waals surface area (Å²) < 4.78 is 5.38. The van der Waals surface area contributed by atoms with E-state index in [1.54, 1.807) is 0 Å². The zero-order chi connectivity index (χ0) is 9.22. The van der Waals surface area contributed by atoms with Gasteiger partial charge in [0, 0.05) is 6.04 Å². The number of fused-ring (bicyclic) bond motifs is 1. The first-order valence-electron chi connectivity index (χ1n) is 5.10. The van der Waals surface area contributed by atoms with Gasteiger partial charge >= 0.3 is 0 Å². The Morgan fingerprint density at radius 1 is 1.46 bits per heavy atom. The summed E-state index contributed by atoms with van der Waals surface area (Å²) >= 11 is 0. The minimum atomic E-state index is -0.0399. The summed E-state index contributed by atoms with van der Waals surface area (Å²) in [7, 11) is 0. The Labute approximate surface area is 77.8 Å². The monoisotopic (exact) mass is 181 g/mol. The van der Waals surface area contributed by atoms with Gasteiger partial charge in [0.1, 0.15) is 0 Å². The molecule has 3 fully saturated rings. The highest BCUT2D eigenvalue weighted by Gasteiger charge is 2.67. The average molecular weight is 181 g/mol. The second-order valence-corrected chi connectivity index (χ2v) is 4.97. The molecular formula is C10H15NO2. The first kappa shape index (κ1) is 7.80. The summed E-state index contributed by atoms with van der Waals surface area (Å²) in [5.74, 6) is 0.817. The lowest BCUT2D eigenvalue weighted by atomic mass is 9.66. The fourth-order valence-corrected chi connectivity index (χ4v) is 3.07. The maximum Gasteiger partial charge on any atom is 0.228 e. The molecule has 3 heteroatoms. The van der Waals surface area contributed by atoms with Crippen LogP contribution >= 0.6 is 0 Å². The standard InChI is InChI=1S/C10H15NO2/c1-5(2)8-10(9(12)11-8)3-6-7(4-10)13-6/h5-8H,3-4H2,1-2H3,(H,11,12)/t6-,7-,8+/m1/s1. The predicted molar refractivity (Wildman–Crippen MR) is 47.1 cm³/mol. The Morgan fingerprint density at radius 2 is 2.08 bits per heavy atom. The molecule has 2 saturated heterocycles. The Balaban J connectivity index is 1.84. The van der Waals surface area contributed by atoms with E-state index in [1.165, 1.54) is 0 Å². The van der Waals surface area contributed by atoms with Crippen LogP contribution in [0.1, 0.15) is 26.7 Å². The Morgan fingerprint density at radius 3 is 2.54 bits per heavy atom. The lowest BCUT2D eigenvalue weighted by Crippen LogP contribution is -2.68. The molecule has 0 bridgehead atoms. The first-order valence-corrected chi connectivity index (χ1v) is 5.10. The van der Waals surface area contributed by atoms with Crippen molar-refractivity contribution >= 4 is 5.91 Å². The van der Waals surface area contributed by atoms with Gasteiger partial charge in [-0.3, -0.25) is 4.79 Å². The van der Waals surface area contributed by atoms with Gasteiger partial charge in [0.25, 0.3) is 0 Å². The fourth-order valence-electron chi connectivity index (χ4n) is 3.07. The average Bonchev–Trinajstić information content (AvgIpc) is 2.69. The lowest BCUT2D eigenvalue weighted by molar-refractivity contribution is -0.150. The van der Waals surface area contributed by atoms with Crippen molar-refractivity contribution in [2.75, 3.05) is 0 Å². The number of rotatable bonds is 1. The summed E-state index contributed by atoms with van der Waals surface area (Å²) in [6.45, 7) is 4.35. The second-order valence-electron chi connectivity index (χ2n) is 4.97. The summed E-state index contributed by atoms with van der Waals surface area (Å²) in [5.41, 5.74) is -0.0399. The van der Waals surface area contributed by atoms with E-state index < -0.39 is 0 Å². The van der Waals surface area contributed by atoms with E-state index >= 15 is 0 Å². The number of nitrogens with one attached hydrogen (secondary N) is 1. The second kappa shape index (κ2) is 2.08. The molecule has 0 aromatic carbocycles. The highest BCUT2D eigenvalue weighted by Crippen LogP contribution is 2.56. The van der Waals surface area contributed by atoms with Crippen LogP contribution in [0.15, 0.2) is 0 Å². The fraction of sp³-hybridized carbons (Fsp3) is 0.900. The van der Waals surface area contributed by atoms with Crippen LogP contribution in [0, 0.1) is 11.3 Å². The minimum absolute atomic E-state index is 0.0399. The van der Waals surface area contributed by atoms with Crippen molar-refractivity contribution < 1.29 is 9.53 Å². The normalized spacial score (nSPS) is 44.5. The van der Waals surface area contributed by atoms with Crippen LogP contribution in [0.5, 0.6) is 0 Å². The highest BCUT2D eigenvalue weighted by molar-refractivity contribution is 5.91. The molecule has 3 nitrogen and oxygen atoms in total. The van der Waals surface area contributed by atoms with Gasteiger partial charge in [-0.15, -0.1) is 0 Å². The van der Waals surface area contributed by atoms with Crippen LogP contribution in [0.4, 0.5) is 0 Å². The zero-order valence-corrected chi connectivity index (χ0v) is 8.04. The molecule has 13 heavy (non-hydrogen) atoms. The molecule has 2 aliphatic heterocycles. The van der Waals surface area contributed by atoms with Crippen molar-refractivity contribution in [3.8, 4) is 0 Å². The molecule has 3 atom stereocenters. The Hall–Kier alpha value is -0.570. The molecule has 1 amide bonds. The van der Waals surface area contributed by atoms with Crippen molar-refractivity contribution in [2.24, 2.45) is 11.3 Å². The smallest absolute Gasteiger partial charge is 0.228 e. The van der Waals surface area contributed by atoms with Crippen LogP contribution < -0.4 is 5.32 Å². The highest BCUT2D eigenvalue weighted by atomic mass is 16.6. The summed E-state index contributed by atoms with van der Waals surface area (Å²) in [6, 6.07) is 0.399. The summed E-state index contributed by atoms with van der Waals surface area (Å²) in [6.07, 6.45) is 2.75. The van der Waals surface area contributed by atoms with Crippen molar-refractivity contribution in [3.63, 3.8) is 0 Å². The molecule has 2 heterocycles. The molecule has 1 aliphatic carbocycles. The van der Waals surface area contributed by atoms with Crippen LogP contribution in [-0.4, -0.2) is 24.2 Å². The minimum Gasteiger partial charge on any atom is -0.370 e. The molecule has 1 N–H and O–H groups in total. The van der Waals surface area contributed by atoms with Crippen LogP contribution in [0.25, 0.3) is 0 Å². The van der Waals surface area contributed by atoms with Gasteiger partial charge in [-0.05, 0) is 18.8 Å². The maximum atomic E-state index is 11.6. The Bertz CT molecular complexity index is 264. The number of β-lactam (4-membered cyclic amide) rings is 1. The molecule has 1 spiro atoms. The van der Waals surface area contributed by atoms with Gasteiger partial charge < -0.3 is 10.1 Å². The molecule has 72 valence electrons. The van der Waals surface area contributed by atoms with Crippen molar-refractivity contribution in [1.82, 2.24) is 5.32 Å². The number of ether oxygens (including phenoxy) is 1. The van der Waals surface area contributed by atoms with Crippen LogP contribution in [0.2, 0.25) is 0 Å². The third-order valence-corrected chi connectivity index (χ3v) is 3.82. The van der Waals surface area contributed by atoms with Crippen molar-refractivity contribution in [2.45, 2.75) is 44.9 Å². The summed E-state index contributed by atoms with van der Waals surface area (Å²) in [5, 5.41) is 3.02. The summed E-state index contributed by atoms with van der Waals surface area (Å²) in [4.78, 5) is 11.6. The molecule has 3 rings (SSSR count). The SMILES string of the molecule is CC(C)[C@@H]1NC(=O)C12C[C@H]1O[C@@H]1C2. The number of epoxide rings is 1. The molecular weight excluding hydrogens is 166 g/mol. The number of amides is 1. The van der Waals surface area contributed by atoms with E-state index in [9.17, 15) is 4.79 Å².